The SMILES string of the molecule is CCOC(=O)/C(=N\OC(C)(C)C1CCC(C)CC1)C(C)=O. The number of hydrogen-bond donors (Lipinski definition) is 0. The van der Waals surface area contributed by atoms with Crippen molar-refractivity contribution in [3.8, 4) is 0 Å². The molecule has 0 spiro atoms. The summed E-state index contributed by atoms with van der Waals surface area (Å²) in [4.78, 5) is 28.7. The van der Waals surface area contributed by atoms with Gasteiger partial charge in [-0.1, -0.05) is 24.9 Å². The summed E-state index contributed by atoms with van der Waals surface area (Å²) in [6.07, 6.45) is 4.52. The molecule has 1 saturated carbocycles. The number of carbonyl (C=O) groups is 2. The van der Waals surface area contributed by atoms with E-state index in [9.17, 15) is 9.59 Å². The highest BCUT2D eigenvalue weighted by Crippen LogP contribution is 2.37. The minimum atomic E-state index is -0.724. The number of carbonyl (C=O) groups excluding carboxylic acids is 2. The smallest absolute Gasteiger partial charge is 0.364 e. The summed E-state index contributed by atoms with van der Waals surface area (Å²) in [7, 11) is 0. The first-order valence-electron chi connectivity index (χ1n) is 7.72. The lowest BCUT2D eigenvalue weighted by atomic mass is 9.75. The second kappa shape index (κ2) is 7.57. The van der Waals surface area contributed by atoms with Gasteiger partial charge in [0.25, 0.3) is 0 Å². The Labute approximate surface area is 127 Å². The van der Waals surface area contributed by atoms with Gasteiger partial charge in [0.1, 0.15) is 5.60 Å². The first kappa shape index (κ1) is 17.7. The lowest BCUT2D eigenvalue weighted by Gasteiger charge is -2.36. The van der Waals surface area contributed by atoms with Gasteiger partial charge >= 0.3 is 5.97 Å². The number of ether oxygens (including phenoxy) is 1. The molecule has 0 heterocycles. The maximum Gasteiger partial charge on any atom is 0.364 e. The summed E-state index contributed by atoms with van der Waals surface area (Å²) in [5, 5.41) is 3.80. The molecule has 0 bridgehead atoms. The molecule has 0 atom stereocenters. The van der Waals surface area contributed by atoms with Crippen LogP contribution in [0.25, 0.3) is 0 Å². The van der Waals surface area contributed by atoms with Gasteiger partial charge in [0, 0.05) is 12.8 Å². The highest BCUT2D eigenvalue weighted by Gasteiger charge is 2.35. The molecular formula is C16H27NO4. The van der Waals surface area contributed by atoms with E-state index in [4.69, 9.17) is 9.57 Å². The summed E-state index contributed by atoms with van der Waals surface area (Å²) in [6, 6.07) is 0. The molecule has 120 valence electrons. The topological polar surface area (TPSA) is 65.0 Å². The van der Waals surface area contributed by atoms with Crippen molar-refractivity contribution in [3.05, 3.63) is 0 Å². The Morgan fingerprint density at radius 2 is 1.76 bits per heavy atom. The van der Waals surface area contributed by atoms with Crippen LogP contribution in [0.2, 0.25) is 0 Å². The molecule has 0 N–H and O–H groups in total. The molecule has 0 aromatic rings. The summed E-state index contributed by atoms with van der Waals surface area (Å²) in [6.45, 7) is 9.35. The van der Waals surface area contributed by atoms with E-state index in [1.54, 1.807) is 6.92 Å². The average Bonchev–Trinajstić information content (AvgIpc) is 2.39. The van der Waals surface area contributed by atoms with E-state index in [1.165, 1.54) is 19.8 Å². The molecular weight excluding hydrogens is 270 g/mol. The highest BCUT2D eigenvalue weighted by molar-refractivity contribution is 6.63. The van der Waals surface area contributed by atoms with E-state index >= 15 is 0 Å². The lowest BCUT2D eigenvalue weighted by Crippen LogP contribution is -2.36. The van der Waals surface area contributed by atoms with Crippen molar-refractivity contribution in [3.63, 3.8) is 0 Å². The number of hydrogen-bond acceptors (Lipinski definition) is 5. The molecule has 1 rings (SSSR count). The third kappa shape index (κ3) is 5.14. The molecule has 0 unspecified atom stereocenters. The van der Waals surface area contributed by atoms with Crippen molar-refractivity contribution in [2.75, 3.05) is 6.61 Å². The Bertz CT molecular complexity index is 407. The van der Waals surface area contributed by atoms with Crippen molar-refractivity contribution in [2.24, 2.45) is 17.0 Å². The third-order valence-electron chi connectivity index (χ3n) is 4.17. The second-order valence-electron chi connectivity index (χ2n) is 6.37. The van der Waals surface area contributed by atoms with E-state index in [-0.39, 0.29) is 12.3 Å². The summed E-state index contributed by atoms with van der Waals surface area (Å²) < 4.78 is 4.82. The highest BCUT2D eigenvalue weighted by atomic mass is 16.7. The van der Waals surface area contributed by atoms with Gasteiger partial charge in [-0.15, -0.1) is 0 Å². The van der Waals surface area contributed by atoms with Crippen molar-refractivity contribution in [2.45, 2.75) is 65.9 Å². The van der Waals surface area contributed by atoms with Crippen LogP contribution >= 0.6 is 0 Å². The quantitative estimate of drug-likeness (QED) is 0.327. The fourth-order valence-corrected chi connectivity index (χ4v) is 2.64. The Kier molecular flexibility index (Phi) is 6.37. The fourth-order valence-electron chi connectivity index (χ4n) is 2.64. The molecule has 0 radical (unpaired) electrons. The summed E-state index contributed by atoms with van der Waals surface area (Å²) in [5.41, 5.74) is -0.762. The van der Waals surface area contributed by atoms with Crippen LogP contribution in [0.15, 0.2) is 5.16 Å². The number of ketones is 1. The van der Waals surface area contributed by atoms with Gasteiger partial charge in [-0.2, -0.15) is 0 Å². The molecule has 0 aliphatic heterocycles. The van der Waals surface area contributed by atoms with Crippen LogP contribution in [0.5, 0.6) is 0 Å². The molecule has 5 nitrogen and oxygen atoms in total. The van der Waals surface area contributed by atoms with E-state index in [2.05, 4.69) is 12.1 Å². The minimum absolute atomic E-state index is 0.203. The Morgan fingerprint density at radius 3 is 2.24 bits per heavy atom. The number of Topliss-reactive ketones (excluding diaryl/α,β-unsaturated/α-hetero) is 1. The first-order valence-corrected chi connectivity index (χ1v) is 7.72. The van der Waals surface area contributed by atoms with Crippen LogP contribution in [-0.2, 0) is 19.2 Å². The van der Waals surface area contributed by atoms with Gasteiger partial charge in [-0.3, -0.25) is 4.79 Å². The van der Waals surface area contributed by atoms with Crippen molar-refractivity contribution in [1.82, 2.24) is 0 Å². The molecule has 5 heteroatoms. The van der Waals surface area contributed by atoms with Gasteiger partial charge < -0.3 is 9.57 Å². The summed E-state index contributed by atoms with van der Waals surface area (Å²) >= 11 is 0. The van der Waals surface area contributed by atoms with Crippen LogP contribution in [0.4, 0.5) is 0 Å². The molecule has 1 fully saturated rings. The Morgan fingerprint density at radius 1 is 1.19 bits per heavy atom. The second-order valence-corrected chi connectivity index (χ2v) is 6.37. The number of esters is 1. The molecule has 0 aromatic heterocycles. The zero-order valence-electron chi connectivity index (χ0n) is 13.8. The Hall–Kier alpha value is -1.39. The maximum absolute atomic E-state index is 11.7. The van der Waals surface area contributed by atoms with Crippen molar-refractivity contribution >= 4 is 17.5 Å². The predicted octanol–water partition coefficient (Wildman–Crippen LogP) is 3.12. The number of rotatable bonds is 6. The van der Waals surface area contributed by atoms with E-state index in [1.807, 2.05) is 13.8 Å². The molecule has 0 saturated heterocycles. The van der Waals surface area contributed by atoms with Gasteiger partial charge in [-0.25, -0.2) is 4.79 Å². The minimum Gasteiger partial charge on any atom is -0.461 e. The average molecular weight is 297 g/mol. The van der Waals surface area contributed by atoms with Crippen LogP contribution in [0, 0.1) is 11.8 Å². The summed E-state index contributed by atoms with van der Waals surface area (Å²) in [5.74, 6) is -0.0275. The first-order chi connectivity index (χ1) is 9.77. The molecule has 1 aliphatic carbocycles. The van der Waals surface area contributed by atoms with Crippen LogP contribution in [0.3, 0.4) is 0 Å². The van der Waals surface area contributed by atoms with Gasteiger partial charge in [0.15, 0.2) is 5.78 Å². The zero-order valence-corrected chi connectivity index (χ0v) is 13.8. The normalized spacial score (nSPS) is 23.6. The molecule has 0 amide bonds. The molecule has 0 aromatic carbocycles. The van der Waals surface area contributed by atoms with E-state index in [0.717, 1.165) is 18.8 Å². The predicted molar refractivity (Wildman–Crippen MR) is 81.0 cm³/mol. The molecule has 21 heavy (non-hydrogen) atoms. The van der Waals surface area contributed by atoms with Crippen LogP contribution < -0.4 is 0 Å². The lowest BCUT2D eigenvalue weighted by molar-refractivity contribution is -0.136. The van der Waals surface area contributed by atoms with Crippen molar-refractivity contribution < 1.29 is 19.2 Å². The van der Waals surface area contributed by atoms with E-state index < -0.39 is 17.4 Å². The van der Waals surface area contributed by atoms with E-state index in [0.29, 0.717) is 5.92 Å². The largest absolute Gasteiger partial charge is 0.461 e. The van der Waals surface area contributed by atoms with Gasteiger partial charge in [0.2, 0.25) is 5.71 Å². The maximum atomic E-state index is 11.7. The number of nitrogens with zero attached hydrogens (tertiary/aromatic N) is 1. The third-order valence-corrected chi connectivity index (χ3v) is 4.17. The van der Waals surface area contributed by atoms with Crippen LogP contribution in [-0.4, -0.2) is 29.7 Å². The standard InChI is InChI=1S/C16H27NO4/c1-6-20-15(19)14(12(3)18)17-21-16(4,5)13-9-7-11(2)8-10-13/h11,13H,6-10H2,1-5H3/b17-14-. The Balaban J connectivity index is 2.73. The monoisotopic (exact) mass is 297 g/mol. The van der Waals surface area contributed by atoms with Crippen molar-refractivity contribution in [1.29, 1.82) is 0 Å². The zero-order chi connectivity index (χ0) is 16.0. The molecule has 1 aliphatic rings. The van der Waals surface area contributed by atoms with Gasteiger partial charge in [0.05, 0.1) is 6.61 Å². The van der Waals surface area contributed by atoms with Crippen LogP contribution in [0.1, 0.15) is 60.3 Å². The van der Waals surface area contributed by atoms with Gasteiger partial charge in [-0.05, 0) is 39.5 Å². The fraction of sp³-hybridized carbons (Fsp3) is 0.812. The number of oxime groups is 1.